The molecule has 0 aliphatic carbocycles. The molecular weight excluding hydrogens is 510 g/mol. The van der Waals surface area contributed by atoms with Crippen molar-refractivity contribution >= 4 is 19.9 Å². The first-order chi connectivity index (χ1) is 17.6. The Morgan fingerprint density at radius 1 is 1.05 bits per heavy atom. The van der Waals surface area contributed by atoms with Gasteiger partial charge in [0.2, 0.25) is 25.0 Å². The first-order valence-corrected chi connectivity index (χ1v) is 15.7. The highest BCUT2D eigenvalue weighted by Crippen LogP contribution is 2.25. The maximum atomic E-state index is 13.7. The van der Waals surface area contributed by atoms with Gasteiger partial charge in [0.25, 0.3) is 0 Å². The van der Waals surface area contributed by atoms with Gasteiger partial charge in [0.1, 0.15) is 0 Å². The SMILES string of the molecule is Cc1ccccc1CS(=O)(=O)c1ncc(CN(C[C@@H]2CCCO2)S(=O)(=O)c2ccccc2)n1CC(C)C. The molecule has 3 aromatic rings. The van der Waals surface area contributed by atoms with Crippen LogP contribution in [0.25, 0.3) is 0 Å². The average Bonchev–Trinajstić information content (AvgIpc) is 3.51. The number of hydrogen-bond acceptors (Lipinski definition) is 6. The Kier molecular flexibility index (Phi) is 8.52. The zero-order chi connectivity index (χ0) is 26.6. The lowest BCUT2D eigenvalue weighted by atomic mass is 10.1. The van der Waals surface area contributed by atoms with Gasteiger partial charge in [-0.05, 0) is 48.9 Å². The van der Waals surface area contributed by atoms with E-state index >= 15 is 0 Å². The van der Waals surface area contributed by atoms with Crippen molar-refractivity contribution in [2.75, 3.05) is 13.2 Å². The van der Waals surface area contributed by atoms with Crippen molar-refractivity contribution in [2.24, 2.45) is 5.92 Å². The number of hydrogen-bond donors (Lipinski definition) is 0. The van der Waals surface area contributed by atoms with Crippen LogP contribution in [-0.4, -0.2) is 49.9 Å². The summed E-state index contributed by atoms with van der Waals surface area (Å²) in [6, 6.07) is 15.7. The van der Waals surface area contributed by atoms with Crippen LogP contribution in [0.2, 0.25) is 0 Å². The minimum atomic E-state index is -3.85. The molecule has 37 heavy (non-hydrogen) atoms. The van der Waals surface area contributed by atoms with Crippen molar-refractivity contribution in [1.82, 2.24) is 13.9 Å². The Labute approximate surface area is 220 Å². The summed E-state index contributed by atoms with van der Waals surface area (Å²) >= 11 is 0. The van der Waals surface area contributed by atoms with Crippen molar-refractivity contribution in [2.45, 2.75) is 68.6 Å². The normalized spacial score (nSPS) is 16.6. The number of sulfonamides is 1. The van der Waals surface area contributed by atoms with Gasteiger partial charge in [-0.3, -0.25) is 0 Å². The van der Waals surface area contributed by atoms with Crippen LogP contribution in [0.3, 0.4) is 0 Å². The molecule has 2 aromatic carbocycles. The van der Waals surface area contributed by atoms with Gasteiger partial charge >= 0.3 is 0 Å². The maximum Gasteiger partial charge on any atom is 0.243 e. The van der Waals surface area contributed by atoms with Gasteiger partial charge in [0.05, 0.1) is 35.2 Å². The molecule has 1 aliphatic rings. The molecule has 1 aliphatic heterocycles. The van der Waals surface area contributed by atoms with E-state index in [1.54, 1.807) is 41.0 Å². The topological polar surface area (TPSA) is 98.6 Å². The lowest BCUT2D eigenvalue weighted by Gasteiger charge is -2.26. The van der Waals surface area contributed by atoms with Crippen LogP contribution < -0.4 is 0 Å². The predicted octanol–water partition coefficient (Wildman–Crippen LogP) is 4.19. The van der Waals surface area contributed by atoms with Crippen LogP contribution in [0.4, 0.5) is 0 Å². The Morgan fingerprint density at radius 3 is 2.41 bits per heavy atom. The van der Waals surface area contributed by atoms with E-state index in [1.807, 2.05) is 39.0 Å². The predicted molar refractivity (Wildman–Crippen MR) is 142 cm³/mol. The number of ether oxygens (including phenoxy) is 1. The molecule has 2 heterocycles. The molecule has 8 nitrogen and oxygen atoms in total. The molecule has 0 radical (unpaired) electrons. The fourth-order valence-electron chi connectivity index (χ4n) is 4.55. The van der Waals surface area contributed by atoms with E-state index in [4.69, 9.17) is 4.74 Å². The Hall–Kier alpha value is -2.53. The Bertz CT molecular complexity index is 1410. The summed E-state index contributed by atoms with van der Waals surface area (Å²) in [5.74, 6) is -0.0476. The summed E-state index contributed by atoms with van der Waals surface area (Å²) in [6.07, 6.45) is 2.96. The molecule has 1 atom stereocenters. The van der Waals surface area contributed by atoms with Gasteiger partial charge in [0.15, 0.2) is 0 Å². The van der Waals surface area contributed by atoms with Crippen molar-refractivity contribution in [3.8, 4) is 0 Å². The second kappa shape index (κ2) is 11.5. The molecule has 200 valence electrons. The van der Waals surface area contributed by atoms with Crippen LogP contribution in [0.1, 0.15) is 43.5 Å². The molecule has 1 aromatic heterocycles. The van der Waals surface area contributed by atoms with Gasteiger partial charge in [-0.15, -0.1) is 0 Å². The number of imidazole rings is 1. The molecule has 4 rings (SSSR count). The molecule has 0 bridgehead atoms. The molecule has 0 spiro atoms. The van der Waals surface area contributed by atoms with Crippen LogP contribution in [-0.2, 0) is 43.4 Å². The van der Waals surface area contributed by atoms with E-state index in [9.17, 15) is 16.8 Å². The molecule has 0 unspecified atom stereocenters. The second-order valence-electron chi connectivity index (χ2n) is 9.97. The number of nitrogens with zero attached hydrogens (tertiary/aromatic N) is 3. The fourth-order valence-corrected chi connectivity index (χ4v) is 7.62. The van der Waals surface area contributed by atoms with Crippen molar-refractivity contribution in [1.29, 1.82) is 0 Å². The summed E-state index contributed by atoms with van der Waals surface area (Å²) < 4.78 is 63.2. The smallest absolute Gasteiger partial charge is 0.243 e. The van der Waals surface area contributed by atoms with Gasteiger partial charge in [0, 0.05) is 19.7 Å². The fraction of sp³-hybridized carbons (Fsp3) is 0.444. The summed E-state index contributed by atoms with van der Waals surface area (Å²) in [5, 5.41) is -0.0337. The van der Waals surface area contributed by atoms with Gasteiger partial charge in [-0.2, -0.15) is 4.31 Å². The van der Waals surface area contributed by atoms with Crippen LogP contribution in [0, 0.1) is 12.8 Å². The zero-order valence-corrected chi connectivity index (χ0v) is 23.2. The largest absolute Gasteiger partial charge is 0.377 e. The third-order valence-electron chi connectivity index (χ3n) is 6.48. The number of rotatable bonds is 11. The van der Waals surface area contributed by atoms with Crippen molar-refractivity contribution in [3.63, 3.8) is 0 Å². The quantitative estimate of drug-likeness (QED) is 0.358. The molecule has 0 amide bonds. The number of aryl methyl sites for hydroxylation is 1. The van der Waals surface area contributed by atoms with E-state index in [0.717, 1.165) is 24.0 Å². The van der Waals surface area contributed by atoms with E-state index < -0.39 is 19.9 Å². The van der Waals surface area contributed by atoms with E-state index in [0.29, 0.717) is 18.8 Å². The van der Waals surface area contributed by atoms with Gasteiger partial charge in [-0.1, -0.05) is 56.3 Å². The third kappa shape index (κ3) is 6.49. The van der Waals surface area contributed by atoms with E-state index in [2.05, 4.69) is 4.98 Å². The average molecular weight is 546 g/mol. The molecule has 10 heteroatoms. The summed E-state index contributed by atoms with van der Waals surface area (Å²) in [6.45, 7) is 7.06. The second-order valence-corrected chi connectivity index (χ2v) is 13.8. The van der Waals surface area contributed by atoms with Gasteiger partial charge in [-0.25, -0.2) is 21.8 Å². The van der Waals surface area contributed by atoms with Crippen LogP contribution >= 0.6 is 0 Å². The number of benzene rings is 2. The first kappa shape index (κ1) is 27.5. The highest BCUT2D eigenvalue weighted by atomic mass is 32.2. The Balaban J connectivity index is 1.71. The maximum absolute atomic E-state index is 13.7. The summed E-state index contributed by atoms with van der Waals surface area (Å²) in [5.41, 5.74) is 2.15. The van der Waals surface area contributed by atoms with Crippen molar-refractivity contribution in [3.05, 3.63) is 77.6 Å². The summed E-state index contributed by atoms with van der Waals surface area (Å²) in [4.78, 5) is 4.52. The monoisotopic (exact) mass is 545 g/mol. The molecule has 1 fully saturated rings. The van der Waals surface area contributed by atoms with E-state index in [1.165, 1.54) is 10.5 Å². The van der Waals surface area contributed by atoms with Crippen molar-refractivity contribution < 1.29 is 21.6 Å². The molecular formula is C27H35N3O5S2. The number of sulfone groups is 1. The third-order valence-corrected chi connectivity index (χ3v) is 9.88. The van der Waals surface area contributed by atoms with Gasteiger partial charge < -0.3 is 9.30 Å². The van der Waals surface area contributed by atoms with Crippen LogP contribution in [0.15, 0.2) is 70.8 Å². The zero-order valence-electron chi connectivity index (χ0n) is 21.6. The lowest BCUT2D eigenvalue weighted by Crippen LogP contribution is -2.37. The minimum absolute atomic E-state index is 0.00328. The number of aromatic nitrogens is 2. The highest BCUT2D eigenvalue weighted by molar-refractivity contribution is 7.90. The molecule has 0 saturated carbocycles. The first-order valence-electron chi connectivity index (χ1n) is 12.6. The van der Waals surface area contributed by atoms with E-state index in [-0.39, 0.29) is 40.9 Å². The minimum Gasteiger partial charge on any atom is -0.377 e. The molecule has 0 N–H and O–H groups in total. The van der Waals surface area contributed by atoms with Crippen LogP contribution in [0.5, 0.6) is 0 Å². The highest BCUT2D eigenvalue weighted by Gasteiger charge is 2.32. The molecule has 1 saturated heterocycles. The Morgan fingerprint density at radius 2 is 1.76 bits per heavy atom. The lowest BCUT2D eigenvalue weighted by molar-refractivity contribution is 0.0921. The summed E-state index contributed by atoms with van der Waals surface area (Å²) in [7, 11) is -7.63. The standard InChI is InChI=1S/C27H35N3O5S2/c1-21(2)17-30-24(16-28-27(30)36(31,32)20-23-11-8-7-10-22(23)3)18-29(19-25-12-9-15-35-25)37(33,34)26-13-5-4-6-14-26/h4-8,10-11,13-14,16,21,25H,9,12,15,17-20H2,1-3H3/t25-/m0/s1.